The topological polar surface area (TPSA) is 96.7 Å². The number of aromatic amines is 1. The van der Waals surface area contributed by atoms with E-state index in [0.29, 0.717) is 11.6 Å². The van der Waals surface area contributed by atoms with Crippen LogP contribution in [0.5, 0.6) is 0 Å². The smallest absolute Gasteiger partial charge is 0.162 e. The summed E-state index contributed by atoms with van der Waals surface area (Å²) in [6.45, 7) is 1.85. The van der Waals surface area contributed by atoms with E-state index in [2.05, 4.69) is 35.6 Å². The second-order valence-electron chi connectivity index (χ2n) is 4.69. The number of nitrogens with zero attached hydrogens (tertiary/aromatic N) is 6. The first kappa shape index (κ1) is 12.5. The average molecular weight is 292 g/mol. The van der Waals surface area contributed by atoms with E-state index in [0.717, 1.165) is 22.9 Å². The van der Waals surface area contributed by atoms with E-state index in [9.17, 15) is 0 Å². The molecule has 0 saturated carbocycles. The minimum absolute atomic E-state index is 0.654. The predicted molar refractivity (Wildman–Crippen MR) is 80.6 cm³/mol. The lowest BCUT2D eigenvalue weighted by molar-refractivity contribution is 0.932. The van der Waals surface area contributed by atoms with Crippen molar-refractivity contribution < 1.29 is 0 Å². The summed E-state index contributed by atoms with van der Waals surface area (Å²) in [5.41, 5.74) is 2.26. The van der Waals surface area contributed by atoms with Gasteiger partial charge in [-0.15, -0.1) is 0 Å². The van der Waals surface area contributed by atoms with Crippen molar-refractivity contribution in [1.29, 1.82) is 0 Å². The maximum Gasteiger partial charge on any atom is 0.162 e. The molecule has 0 aliphatic heterocycles. The molecule has 0 bridgehead atoms. The predicted octanol–water partition coefficient (Wildman–Crippen LogP) is 1.96. The molecular weight excluding hydrogens is 280 g/mol. The highest BCUT2D eigenvalue weighted by molar-refractivity contribution is 5.76. The number of nitrogens with one attached hydrogen (secondary N) is 2. The largest absolute Gasteiger partial charge is 0.323 e. The number of hydrogen-bond donors (Lipinski definition) is 2. The van der Waals surface area contributed by atoms with Crippen molar-refractivity contribution in [2.45, 2.75) is 6.92 Å². The second kappa shape index (κ2) is 4.92. The maximum atomic E-state index is 4.57. The molecule has 22 heavy (non-hydrogen) atoms. The van der Waals surface area contributed by atoms with Gasteiger partial charge in [0.1, 0.15) is 17.3 Å². The van der Waals surface area contributed by atoms with Crippen LogP contribution in [-0.2, 0) is 0 Å². The van der Waals surface area contributed by atoms with E-state index in [4.69, 9.17) is 0 Å². The van der Waals surface area contributed by atoms with Gasteiger partial charge in [-0.3, -0.25) is 5.10 Å². The van der Waals surface area contributed by atoms with Crippen molar-refractivity contribution in [2.24, 2.45) is 0 Å². The van der Waals surface area contributed by atoms with Crippen LogP contribution in [0.2, 0.25) is 0 Å². The lowest BCUT2D eigenvalue weighted by atomic mass is 10.3. The van der Waals surface area contributed by atoms with Gasteiger partial charge in [0, 0.05) is 18.5 Å². The third-order valence-corrected chi connectivity index (χ3v) is 3.17. The minimum Gasteiger partial charge on any atom is -0.323 e. The summed E-state index contributed by atoms with van der Waals surface area (Å²) in [5.74, 6) is 2.09. The van der Waals surface area contributed by atoms with Gasteiger partial charge in [-0.2, -0.15) is 10.2 Å². The number of aryl methyl sites for hydroxylation is 1. The minimum atomic E-state index is 0.654. The number of rotatable bonds is 3. The molecule has 0 spiro atoms. The maximum absolute atomic E-state index is 4.57. The molecule has 4 heterocycles. The molecule has 0 atom stereocenters. The van der Waals surface area contributed by atoms with Crippen LogP contribution in [0.25, 0.3) is 17.0 Å². The zero-order valence-corrected chi connectivity index (χ0v) is 11.7. The molecule has 0 aromatic carbocycles. The molecule has 0 unspecified atom stereocenters. The molecule has 8 heteroatoms. The lowest BCUT2D eigenvalue weighted by Crippen LogP contribution is -1.99. The van der Waals surface area contributed by atoms with Gasteiger partial charge in [0.2, 0.25) is 0 Å². The van der Waals surface area contributed by atoms with Crippen LogP contribution in [0.3, 0.4) is 0 Å². The summed E-state index contributed by atoms with van der Waals surface area (Å²) in [4.78, 5) is 13.2. The Bertz CT molecular complexity index is 925. The molecule has 0 fully saturated rings. The Labute approximate surface area is 125 Å². The van der Waals surface area contributed by atoms with Gasteiger partial charge in [-0.05, 0) is 25.1 Å². The number of anilines is 2. The van der Waals surface area contributed by atoms with Crippen LogP contribution >= 0.6 is 0 Å². The quantitative estimate of drug-likeness (QED) is 0.599. The SMILES string of the molecule is Cc1nccc(-c2c(Nc3ccn[nH]3)nc3cccnn23)n1. The molecule has 0 amide bonds. The van der Waals surface area contributed by atoms with Crippen LogP contribution < -0.4 is 5.32 Å². The normalized spacial score (nSPS) is 11.0. The van der Waals surface area contributed by atoms with Gasteiger partial charge in [-0.1, -0.05) is 0 Å². The lowest BCUT2D eigenvalue weighted by Gasteiger charge is -2.05. The first-order valence-electron chi connectivity index (χ1n) is 6.71. The summed E-state index contributed by atoms with van der Waals surface area (Å²) in [7, 11) is 0. The number of aromatic nitrogens is 7. The first-order valence-corrected chi connectivity index (χ1v) is 6.71. The molecule has 8 nitrogen and oxygen atoms in total. The Morgan fingerprint density at radius 3 is 2.86 bits per heavy atom. The Balaban J connectivity index is 1.93. The summed E-state index contributed by atoms with van der Waals surface area (Å²) >= 11 is 0. The van der Waals surface area contributed by atoms with E-state index < -0.39 is 0 Å². The molecule has 0 aliphatic carbocycles. The van der Waals surface area contributed by atoms with Crippen LogP contribution in [0.4, 0.5) is 11.6 Å². The molecular formula is C14H12N8. The summed E-state index contributed by atoms with van der Waals surface area (Å²) < 4.78 is 1.75. The van der Waals surface area contributed by atoms with Gasteiger partial charge in [0.05, 0.1) is 11.9 Å². The molecule has 0 aliphatic rings. The molecule has 2 N–H and O–H groups in total. The number of imidazole rings is 1. The van der Waals surface area contributed by atoms with Crippen molar-refractivity contribution in [3.63, 3.8) is 0 Å². The monoisotopic (exact) mass is 292 g/mol. The zero-order valence-electron chi connectivity index (χ0n) is 11.7. The summed E-state index contributed by atoms with van der Waals surface area (Å²) in [5, 5.41) is 14.4. The Morgan fingerprint density at radius 1 is 1.09 bits per heavy atom. The third-order valence-electron chi connectivity index (χ3n) is 3.17. The molecule has 0 saturated heterocycles. The van der Waals surface area contributed by atoms with Crippen molar-refractivity contribution in [3.8, 4) is 11.4 Å². The fourth-order valence-electron chi connectivity index (χ4n) is 2.25. The van der Waals surface area contributed by atoms with Crippen molar-refractivity contribution in [3.05, 3.63) is 48.7 Å². The molecule has 4 aromatic rings. The zero-order chi connectivity index (χ0) is 14.9. The Kier molecular flexibility index (Phi) is 2.78. The fourth-order valence-corrected chi connectivity index (χ4v) is 2.25. The highest BCUT2D eigenvalue weighted by Gasteiger charge is 2.17. The van der Waals surface area contributed by atoms with Gasteiger partial charge in [0.25, 0.3) is 0 Å². The van der Waals surface area contributed by atoms with E-state index >= 15 is 0 Å². The van der Waals surface area contributed by atoms with Crippen molar-refractivity contribution >= 4 is 17.3 Å². The number of hydrogen-bond acceptors (Lipinski definition) is 6. The van der Waals surface area contributed by atoms with Crippen LogP contribution in [0, 0.1) is 6.92 Å². The van der Waals surface area contributed by atoms with E-state index in [-0.39, 0.29) is 0 Å². The highest BCUT2D eigenvalue weighted by atomic mass is 15.3. The van der Waals surface area contributed by atoms with Crippen molar-refractivity contribution in [2.75, 3.05) is 5.32 Å². The summed E-state index contributed by atoms with van der Waals surface area (Å²) in [6.07, 6.45) is 5.11. The van der Waals surface area contributed by atoms with Gasteiger partial charge in [0.15, 0.2) is 11.5 Å². The van der Waals surface area contributed by atoms with Gasteiger partial charge >= 0.3 is 0 Å². The van der Waals surface area contributed by atoms with Crippen LogP contribution in [0.15, 0.2) is 42.9 Å². The van der Waals surface area contributed by atoms with Gasteiger partial charge in [-0.25, -0.2) is 19.5 Å². The van der Waals surface area contributed by atoms with Crippen molar-refractivity contribution in [1.82, 2.24) is 34.8 Å². The van der Waals surface area contributed by atoms with Crippen LogP contribution in [0.1, 0.15) is 5.82 Å². The van der Waals surface area contributed by atoms with Gasteiger partial charge < -0.3 is 5.32 Å². The standard InChI is InChI=1S/C14H12N8/c1-9-15-7-4-10(18-9)13-14(19-11-5-8-16-21-11)20-12-3-2-6-17-22(12)13/h2-8H,1H3,(H2,16,19,21). The van der Waals surface area contributed by atoms with E-state index in [1.807, 2.05) is 31.2 Å². The Morgan fingerprint density at radius 2 is 2.05 bits per heavy atom. The highest BCUT2D eigenvalue weighted by Crippen LogP contribution is 2.28. The summed E-state index contributed by atoms with van der Waals surface area (Å²) in [6, 6.07) is 7.40. The van der Waals surface area contributed by atoms with E-state index in [1.54, 1.807) is 23.1 Å². The van der Waals surface area contributed by atoms with Crippen LogP contribution in [-0.4, -0.2) is 34.8 Å². The molecule has 108 valence electrons. The second-order valence-corrected chi connectivity index (χ2v) is 4.69. The van der Waals surface area contributed by atoms with E-state index in [1.165, 1.54) is 0 Å². The molecule has 4 rings (SSSR count). The molecule has 4 aromatic heterocycles. The average Bonchev–Trinajstić information content (AvgIpc) is 3.14. The third kappa shape index (κ3) is 2.06. The molecule has 0 radical (unpaired) electrons. The fraction of sp³-hybridized carbons (Fsp3) is 0.0714. The Hall–Kier alpha value is -3.29. The first-order chi connectivity index (χ1) is 10.8. The number of fused-ring (bicyclic) bond motifs is 1. The number of H-pyrrole nitrogens is 1.